The highest BCUT2D eigenvalue weighted by molar-refractivity contribution is 5.21. The SMILES string of the molecule is COCC(NCCCN1CCC(O)CC1)c1ccc(F)c(F)c1. The molecule has 0 saturated carbocycles. The molecule has 1 aliphatic rings. The molecule has 1 saturated heterocycles. The maximum Gasteiger partial charge on any atom is 0.159 e. The molecule has 2 rings (SSSR count). The average molecular weight is 328 g/mol. The number of aliphatic hydroxyl groups is 1. The van der Waals surface area contributed by atoms with Crippen molar-refractivity contribution in [3.8, 4) is 0 Å². The van der Waals surface area contributed by atoms with E-state index >= 15 is 0 Å². The zero-order chi connectivity index (χ0) is 16.7. The monoisotopic (exact) mass is 328 g/mol. The minimum absolute atomic E-state index is 0.149. The fourth-order valence-corrected chi connectivity index (χ4v) is 2.89. The fraction of sp³-hybridized carbons (Fsp3) is 0.647. The third kappa shape index (κ3) is 5.80. The molecule has 0 amide bonds. The van der Waals surface area contributed by atoms with Crippen LogP contribution in [-0.4, -0.2) is 56.0 Å². The molecule has 4 nitrogen and oxygen atoms in total. The molecule has 0 radical (unpaired) electrons. The summed E-state index contributed by atoms with van der Waals surface area (Å²) >= 11 is 0. The Kier molecular flexibility index (Phi) is 7.36. The molecular formula is C17H26F2N2O2. The van der Waals surface area contributed by atoms with Gasteiger partial charge in [0.2, 0.25) is 0 Å². The smallest absolute Gasteiger partial charge is 0.159 e. The second-order valence-electron chi connectivity index (χ2n) is 6.06. The predicted molar refractivity (Wildman–Crippen MR) is 85.3 cm³/mol. The van der Waals surface area contributed by atoms with Crippen molar-refractivity contribution in [1.82, 2.24) is 10.2 Å². The van der Waals surface area contributed by atoms with Crippen LogP contribution in [0.3, 0.4) is 0 Å². The van der Waals surface area contributed by atoms with Gasteiger partial charge >= 0.3 is 0 Å². The molecule has 1 unspecified atom stereocenters. The number of ether oxygens (including phenoxy) is 1. The number of hydrogen-bond donors (Lipinski definition) is 2. The van der Waals surface area contributed by atoms with Crippen LogP contribution in [0, 0.1) is 11.6 Å². The van der Waals surface area contributed by atoms with Gasteiger partial charge in [0.1, 0.15) is 0 Å². The lowest BCUT2D eigenvalue weighted by Crippen LogP contribution is -2.37. The lowest BCUT2D eigenvalue weighted by molar-refractivity contribution is 0.0817. The van der Waals surface area contributed by atoms with Crippen LogP contribution in [0.15, 0.2) is 18.2 Å². The summed E-state index contributed by atoms with van der Waals surface area (Å²) in [7, 11) is 1.59. The van der Waals surface area contributed by atoms with E-state index in [0.29, 0.717) is 12.2 Å². The average Bonchev–Trinajstić information content (AvgIpc) is 2.55. The molecule has 130 valence electrons. The standard InChI is InChI=1S/C17H26F2N2O2/c1-23-12-17(13-3-4-15(18)16(19)11-13)20-7-2-8-21-9-5-14(22)6-10-21/h3-4,11,14,17,20,22H,2,5-10,12H2,1H3. The topological polar surface area (TPSA) is 44.7 Å². The minimum atomic E-state index is -0.836. The molecule has 23 heavy (non-hydrogen) atoms. The molecule has 2 N–H and O–H groups in total. The number of methoxy groups -OCH3 is 1. The number of nitrogens with one attached hydrogen (secondary N) is 1. The summed E-state index contributed by atoms with van der Waals surface area (Å²) in [6.45, 7) is 4.02. The highest BCUT2D eigenvalue weighted by atomic mass is 19.2. The number of benzene rings is 1. The summed E-state index contributed by atoms with van der Waals surface area (Å²) in [5.41, 5.74) is 0.687. The van der Waals surface area contributed by atoms with Crippen LogP contribution in [0.4, 0.5) is 8.78 Å². The first kappa shape index (κ1) is 18.3. The molecule has 1 aliphatic heterocycles. The normalized spacial score (nSPS) is 18.3. The molecule has 1 aromatic rings. The highest BCUT2D eigenvalue weighted by Gasteiger charge is 2.17. The van der Waals surface area contributed by atoms with Crippen LogP contribution < -0.4 is 5.32 Å². The van der Waals surface area contributed by atoms with Crippen molar-refractivity contribution in [2.45, 2.75) is 31.4 Å². The molecule has 0 aromatic heterocycles. The van der Waals surface area contributed by atoms with E-state index in [4.69, 9.17) is 4.74 Å². The third-order valence-electron chi connectivity index (χ3n) is 4.28. The zero-order valence-corrected chi connectivity index (χ0v) is 13.6. The second-order valence-corrected chi connectivity index (χ2v) is 6.06. The van der Waals surface area contributed by atoms with Crippen molar-refractivity contribution in [2.24, 2.45) is 0 Å². The molecule has 6 heteroatoms. The van der Waals surface area contributed by atoms with Crippen LogP contribution in [0.5, 0.6) is 0 Å². The Bertz CT molecular complexity index is 480. The van der Waals surface area contributed by atoms with Gasteiger partial charge in [-0.25, -0.2) is 8.78 Å². The van der Waals surface area contributed by atoms with Crippen LogP contribution >= 0.6 is 0 Å². The van der Waals surface area contributed by atoms with Gasteiger partial charge in [0.15, 0.2) is 11.6 Å². The number of rotatable bonds is 8. The summed E-state index contributed by atoms with van der Waals surface area (Å²) in [5, 5.41) is 12.8. The molecule has 1 fully saturated rings. The quantitative estimate of drug-likeness (QED) is 0.717. The summed E-state index contributed by atoms with van der Waals surface area (Å²) in [6, 6.07) is 3.80. The first-order valence-electron chi connectivity index (χ1n) is 8.18. The lowest BCUT2D eigenvalue weighted by Gasteiger charge is -2.29. The number of likely N-dealkylation sites (tertiary alicyclic amines) is 1. The van der Waals surface area contributed by atoms with E-state index in [9.17, 15) is 13.9 Å². The van der Waals surface area contributed by atoms with Gasteiger partial charge in [0, 0.05) is 20.2 Å². The van der Waals surface area contributed by atoms with E-state index in [2.05, 4.69) is 10.2 Å². The Labute approximate surface area is 136 Å². The highest BCUT2D eigenvalue weighted by Crippen LogP contribution is 2.17. The first-order valence-corrected chi connectivity index (χ1v) is 8.18. The Hall–Kier alpha value is -1.08. The molecule has 1 heterocycles. The number of piperidine rings is 1. The molecule has 0 bridgehead atoms. The van der Waals surface area contributed by atoms with Crippen LogP contribution in [0.2, 0.25) is 0 Å². The van der Waals surface area contributed by atoms with Crippen LogP contribution in [-0.2, 0) is 4.74 Å². The minimum Gasteiger partial charge on any atom is -0.393 e. The molecular weight excluding hydrogens is 302 g/mol. The maximum absolute atomic E-state index is 13.4. The second kappa shape index (κ2) is 9.27. The third-order valence-corrected chi connectivity index (χ3v) is 4.28. The van der Waals surface area contributed by atoms with Crippen molar-refractivity contribution < 1.29 is 18.6 Å². The van der Waals surface area contributed by atoms with E-state index < -0.39 is 11.6 Å². The van der Waals surface area contributed by atoms with Crippen molar-refractivity contribution >= 4 is 0 Å². The van der Waals surface area contributed by atoms with Crippen molar-refractivity contribution in [1.29, 1.82) is 0 Å². The van der Waals surface area contributed by atoms with E-state index in [1.54, 1.807) is 13.2 Å². The summed E-state index contributed by atoms with van der Waals surface area (Å²) < 4.78 is 31.6. The van der Waals surface area contributed by atoms with E-state index in [1.165, 1.54) is 6.07 Å². The molecule has 1 aromatic carbocycles. The molecule has 0 aliphatic carbocycles. The molecule has 0 spiro atoms. The van der Waals surface area contributed by atoms with Gasteiger partial charge in [-0.05, 0) is 50.0 Å². The van der Waals surface area contributed by atoms with Crippen molar-refractivity contribution in [3.63, 3.8) is 0 Å². The van der Waals surface area contributed by atoms with E-state index in [1.807, 2.05) is 0 Å². The summed E-state index contributed by atoms with van der Waals surface area (Å²) in [5.74, 6) is -1.67. The first-order chi connectivity index (χ1) is 11.1. The Morgan fingerprint density at radius 3 is 2.70 bits per heavy atom. The van der Waals surface area contributed by atoms with E-state index in [0.717, 1.165) is 51.5 Å². The van der Waals surface area contributed by atoms with Crippen LogP contribution in [0.25, 0.3) is 0 Å². The van der Waals surface area contributed by atoms with Gasteiger partial charge in [-0.15, -0.1) is 0 Å². The predicted octanol–water partition coefficient (Wildman–Crippen LogP) is 2.09. The van der Waals surface area contributed by atoms with Crippen molar-refractivity contribution in [3.05, 3.63) is 35.4 Å². The molecule has 1 atom stereocenters. The number of aliphatic hydroxyl groups excluding tert-OH is 1. The van der Waals surface area contributed by atoms with Gasteiger partial charge in [-0.2, -0.15) is 0 Å². The van der Waals surface area contributed by atoms with Crippen LogP contribution in [0.1, 0.15) is 30.9 Å². The number of hydrogen-bond acceptors (Lipinski definition) is 4. The maximum atomic E-state index is 13.4. The van der Waals surface area contributed by atoms with Gasteiger partial charge in [0.25, 0.3) is 0 Å². The zero-order valence-electron chi connectivity index (χ0n) is 13.6. The lowest BCUT2D eigenvalue weighted by atomic mass is 10.1. The Morgan fingerprint density at radius 1 is 1.30 bits per heavy atom. The summed E-state index contributed by atoms with van der Waals surface area (Å²) in [4.78, 5) is 2.34. The van der Waals surface area contributed by atoms with E-state index in [-0.39, 0.29) is 12.1 Å². The van der Waals surface area contributed by atoms with Crippen molar-refractivity contribution in [2.75, 3.05) is 39.9 Å². The number of nitrogens with zero attached hydrogens (tertiary/aromatic N) is 1. The largest absolute Gasteiger partial charge is 0.393 e. The Morgan fingerprint density at radius 2 is 2.04 bits per heavy atom. The summed E-state index contributed by atoms with van der Waals surface area (Å²) in [6.07, 6.45) is 2.49. The fourth-order valence-electron chi connectivity index (χ4n) is 2.89. The van der Waals surface area contributed by atoms with Gasteiger partial charge < -0.3 is 20.1 Å². The van der Waals surface area contributed by atoms with Gasteiger partial charge in [-0.1, -0.05) is 6.07 Å². The van der Waals surface area contributed by atoms with Gasteiger partial charge in [-0.3, -0.25) is 0 Å². The Balaban J connectivity index is 1.77. The number of halogens is 2. The van der Waals surface area contributed by atoms with Gasteiger partial charge in [0.05, 0.1) is 18.8 Å².